The molecule has 9 nitrogen and oxygen atoms in total. The van der Waals surface area contributed by atoms with Crippen LogP contribution in [0, 0.1) is 6.92 Å². The lowest BCUT2D eigenvalue weighted by Crippen LogP contribution is -2.15. The number of pyridine rings is 1. The summed E-state index contributed by atoms with van der Waals surface area (Å²) in [5.74, 6) is 0.632. The molecule has 0 unspecified atom stereocenters. The number of anilines is 1. The molecule has 0 saturated carbocycles. The first-order valence-electron chi connectivity index (χ1n) is 9.51. The largest absolute Gasteiger partial charge is 0.337 e. The number of carbonyl (C=O) groups is 2. The van der Waals surface area contributed by atoms with Gasteiger partial charge in [-0.1, -0.05) is 23.4 Å². The maximum atomic E-state index is 12.8. The molecule has 1 atom stereocenters. The third kappa shape index (κ3) is 3.25. The van der Waals surface area contributed by atoms with Crippen molar-refractivity contribution in [2.24, 2.45) is 0 Å². The first-order chi connectivity index (χ1) is 14.6. The number of ketones is 1. The molecule has 1 saturated heterocycles. The molecule has 5 rings (SSSR count). The molecule has 1 fully saturated rings. The second-order valence-corrected chi connectivity index (χ2v) is 7.19. The van der Waals surface area contributed by atoms with E-state index in [4.69, 9.17) is 4.52 Å². The number of rotatable bonds is 4. The van der Waals surface area contributed by atoms with E-state index in [2.05, 4.69) is 25.8 Å². The minimum absolute atomic E-state index is 0.118. The van der Waals surface area contributed by atoms with Crippen LogP contribution in [0.15, 0.2) is 53.3 Å². The van der Waals surface area contributed by atoms with E-state index < -0.39 is 0 Å². The van der Waals surface area contributed by atoms with Crippen LogP contribution in [0.4, 0.5) is 5.69 Å². The third-order valence-corrected chi connectivity index (χ3v) is 5.11. The maximum absolute atomic E-state index is 12.8. The van der Waals surface area contributed by atoms with Gasteiger partial charge in [-0.2, -0.15) is 4.98 Å². The normalized spacial score (nSPS) is 16.3. The minimum Gasteiger partial charge on any atom is -0.337 e. The SMILES string of the molecule is Cc1ccc(-c2noc([C@@H]3CC(=O)CN3)n2)cc1NC(=O)c1cnc2ccccn12. The van der Waals surface area contributed by atoms with Gasteiger partial charge in [0.1, 0.15) is 17.1 Å². The summed E-state index contributed by atoms with van der Waals surface area (Å²) < 4.78 is 7.07. The van der Waals surface area contributed by atoms with Crippen molar-refractivity contribution in [3.05, 3.63) is 65.9 Å². The molecule has 1 amide bonds. The Morgan fingerprint density at radius 3 is 3.03 bits per heavy atom. The van der Waals surface area contributed by atoms with Crippen LogP contribution in [0.1, 0.15) is 34.4 Å². The van der Waals surface area contributed by atoms with Crippen LogP contribution in [0.25, 0.3) is 17.0 Å². The number of amides is 1. The predicted molar refractivity (Wildman–Crippen MR) is 108 cm³/mol. The van der Waals surface area contributed by atoms with E-state index in [0.717, 1.165) is 5.56 Å². The summed E-state index contributed by atoms with van der Waals surface area (Å²) in [4.78, 5) is 33.0. The van der Waals surface area contributed by atoms with Crippen LogP contribution in [0.5, 0.6) is 0 Å². The molecule has 150 valence electrons. The molecule has 30 heavy (non-hydrogen) atoms. The van der Waals surface area contributed by atoms with Crippen LogP contribution in [-0.2, 0) is 4.79 Å². The molecule has 9 heteroatoms. The van der Waals surface area contributed by atoms with Gasteiger partial charge in [0.2, 0.25) is 11.7 Å². The molecule has 1 aliphatic heterocycles. The van der Waals surface area contributed by atoms with Crippen LogP contribution in [0.2, 0.25) is 0 Å². The van der Waals surface area contributed by atoms with E-state index in [1.807, 2.05) is 37.3 Å². The lowest BCUT2D eigenvalue weighted by molar-refractivity contribution is -0.116. The topological polar surface area (TPSA) is 114 Å². The van der Waals surface area contributed by atoms with E-state index >= 15 is 0 Å². The van der Waals surface area contributed by atoms with Crippen molar-refractivity contribution in [2.75, 3.05) is 11.9 Å². The zero-order valence-electron chi connectivity index (χ0n) is 16.1. The van der Waals surface area contributed by atoms with Gasteiger partial charge >= 0.3 is 0 Å². The molecular weight excluding hydrogens is 384 g/mol. The highest BCUT2D eigenvalue weighted by Gasteiger charge is 2.28. The summed E-state index contributed by atoms with van der Waals surface area (Å²) in [6, 6.07) is 10.8. The van der Waals surface area contributed by atoms with Gasteiger partial charge in [0.05, 0.1) is 18.8 Å². The Morgan fingerprint density at radius 2 is 2.20 bits per heavy atom. The molecule has 0 radical (unpaired) electrons. The lowest BCUT2D eigenvalue weighted by atomic mass is 10.1. The highest BCUT2D eigenvalue weighted by molar-refractivity contribution is 6.04. The number of Topliss-reactive ketones (excluding diaryl/α,β-unsaturated/α-hetero) is 1. The van der Waals surface area contributed by atoms with Gasteiger partial charge in [0, 0.05) is 23.9 Å². The van der Waals surface area contributed by atoms with Gasteiger partial charge < -0.3 is 9.84 Å². The van der Waals surface area contributed by atoms with Crippen molar-refractivity contribution in [3.8, 4) is 11.4 Å². The van der Waals surface area contributed by atoms with Crippen molar-refractivity contribution in [3.63, 3.8) is 0 Å². The number of hydrogen-bond acceptors (Lipinski definition) is 7. The average molecular weight is 402 g/mol. The van der Waals surface area contributed by atoms with Crippen LogP contribution in [0.3, 0.4) is 0 Å². The summed E-state index contributed by atoms with van der Waals surface area (Å²) in [7, 11) is 0. The van der Waals surface area contributed by atoms with E-state index in [9.17, 15) is 9.59 Å². The average Bonchev–Trinajstić information content (AvgIpc) is 3.48. The molecule has 4 aromatic rings. The monoisotopic (exact) mass is 402 g/mol. The molecular formula is C21H18N6O3. The Hall–Kier alpha value is -3.85. The van der Waals surface area contributed by atoms with Gasteiger partial charge in [-0.15, -0.1) is 0 Å². The van der Waals surface area contributed by atoms with Gasteiger partial charge in [-0.25, -0.2) is 4.98 Å². The van der Waals surface area contributed by atoms with E-state index in [1.165, 1.54) is 0 Å². The number of imidazole rings is 1. The van der Waals surface area contributed by atoms with Crippen molar-refractivity contribution in [1.29, 1.82) is 0 Å². The van der Waals surface area contributed by atoms with Gasteiger partial charge in [0.25, 0.3) is 5.91 Å². The summed E-state index contributed by atoms with van der Waals surface area (Å²) in [6.45, 7) is 2.22. The number of nitrogens with zero attached hydrogens (tertiary/aromatic N) is 4. The summed E-state index contributed by atoms with van der Waals surface area (Å²) in [5.41, 5.74) is 3.38. The Balaban J connectivity index is 1.41. The molecule has 0 bridgehead atoms. The van der Waals surface area contributed by atoms with Crippen molar-refractivity contribution >= 4 is 23.0 Å². The number of benzene rings is 1. The Morgan fingerprint density at radius 1 is 1.30 bits per heavy atom. The van der Waals surface area contributed by atoms with Crippen molar-refractivity contribution in [1.82, 2.24) is 24.8 Å². The number of carbonyl (C=O) groups excluding carboxylic acids is 2. The molecule has 2 N–H and O–H groups in total. The fourth-order valence-corrected chi connectivity index (χ4v) is 3.46. The van der Waals surface area contributed by atoms with Gasteiger partial charge in [-0.05, 0) is 30.7 Å². The highest BCUT2D eigenvalue weighted by Crippen LogP contribution is 2.27. The first kappa shape index (κ1) is 18.2. The Labute approximate surface area is 171 Å². The molecule has 1 aromatic carbocycles. The van der Waals surface area contributed by atoms with Crippen molar-refractivity contribution < 1.29 is 14.1 Å². The fraction of sp³-hybridized carbons (Fsp3) is 0.190. The summed E-state index contributed by atoms with van der Waals surface area (Å²) in [6.07, 6.45) is 3.69. The summed E-state index contributed by atoms with van der Waals surface area (Å²) >= 11 is 0. The Bertz CT molecular complexity index is 1270. The standard InChI is InChI=1S/C21H18N6O3/c1-12-5-6-13(19-25-21(30-26-19)16-9-14(28)10-22-16)8-15(12)24-20(29)17-11-23-18-4-2-3-7-27(17)18/h2-8,11,16,22H,9-10H2,1H3,(H,24,29)/t16-/m0/s1. The number of hydrogen-bond donors (Lipinski definition) is 2. The second kappa shape index (κ2) is 7.20. The number of aryl methyl sites for hydroxylation is 1. The van der Waals surface area contributed by atoms with Gasteiger partial charge in [0.15, 0.2) is 0 Å². The molecule has 1 aliphatic rings. The number of fused-ring (bicyclic) bond motifs is 1. The number of aromatic nitrogens is 4. The quantitative estimate of drug-likeness (QED) is 0.539. The van der Waals surface area contributed by atoms with Crippen LogP contribution < -0.4 is 10.6 Å². The van der Waals surface area contributed by atoms with E-state index in [0.29, 0.717) is 47.3 Å². The Kier molecular flexibility index (Phi) is 4.36. The molecule has 0 aliphatic carbocycles. The molecule has 0 spiro atoms. The second-order valence-electron chi connectivity index (χ2n) is 7.19. The summed E-state index contributed by atoms with van der Waals surface area (Å²) in [5, 5.41) is 10.0. The smallest absolute Gasteiger partial charge is 0.274 e. The zero-order chi connectivity index (χ0) is 20.7. The predicted octanol–water partition coefficient (Wildman–Crippen LogP) is 2.55. The lowest BCUT2D eigenvalue weighted by Gasteiger charge is -2.09. The van der Waals surface area contributed by atoms with E-state index in [-0.39, 0.29) is 17.7 Å². The van der Waals surface area contributed by atoms with Crippen LogP contribution >= 0.6 is 0 Å². The minimum atomic E-state index is -0.267. The first-order valence-corrected chi connectivity index (χ1v) is 9.51. The molecule has 3 aromatic heterocycles. The zero-order valence-corrected chi connectivity index (χ0v) is 16.1. The number of nitrogens with one attached hydrogen (secondary N) is 2. The molecule has 4 heterocycles. The maximum Gasteiger partial charge on any atom is 0.274 e. The van der Waals surface area contributed by atoms with Crippen LogP contribution in [-0.4, -0.2) is 37.8 Å². The fourth-order valence-electron chi connectivity index (χ4n) is 3.46. The van der Waals surface area contributed by atoms with Gasteiger partial charge in [-0.3, -0.25) is 19.3 Å². The third-order valence-electron chi connectivity index (χ3n) is 5.11. The highest BCUT2D eigenvalue weighted by atomic mass is 16.5. The van der Waals surface area contributed by atoms with Crippen molar-refractivity contribution in [2.45, 2.75) is 19.4 Å². The van der Waals surface area contributed by atoms with E-state index in [1.54, 1.807) is 22.9 Å².